The van der Waals surface area contributed by atoms with Gasteiger partial charge in [0.2, 0.25) is 0 Å². The van der Waals surface area contributed by atoms with E-state index in [-0.39, 0.29) is 18.8 Å². The van der Waals surface area contributed by atoms with E-state index in [2.05, 4.69) is 10.1 Å². The summed E-state index contributed by atoms with van der Waals surface area (Å²) in [7, 11) is 0. The number of hydrogen-bond acceptors (Lipinski definition) is 3. The topological polar surface area (TPSA) is 30.5 Å². The minimum atomic E-state index is -4.25. The summed E-state index contributed by atoms with van der Waals surface area (Å²) < 4.78 is 45.2. The first kappa shape index (κ1) is 13.7. The van der Waals surface area contributed by atoms with Crippen molar-refractivity contribution >= 4 is 0 Å². The van der Waals surface area contributed by atoms with Gasteiger partial charge in [0.05, 0.1) is 18.8 Å². The molecule has 1 rings (SSSR count). The number of ether oxygens (including phenoxy) is 2. The Hall–Kier alpha value is -0.330. The summed E-state index contributed by atoms with van der Waals surface area (Å²) in [6.07, 6.45) is -2.30. The molecule has 0 saturated carbocycles. The Morgan fingerprint density at radius 2 is 2.06 bits per heavy atom. The van der Waals surface area contributed by atoms with Gasteiger partial charge in [-0.15, -0.1) is 0 Å². The van der Waals surface area contributed by atoms with Crippen LogP contribution in [0.5, 0.6) is 0 Å². The zero-order valence-electron chi connectivity index (χ0n) is 9.40. The minimum Gasteiger partial charge on any atom is -0.372 e. The van der Waals surface area contributed by atoms with E-state index in [0.717, 1.165) is 25.9 Å². The van der Waals surface area contributed by atoms with E-state index in [1.807, 2.05) is 6.92 Å². The van der Waals surface area contributed by atoms with Crippen LogP contribution in [0.4, 0.5) is 13.2 Å². The molecule has 0 spiro atoms. The number of nitrogens with one attached hydrogen (secondary N) is 1. The van der Waals surface area contributed by atoms with Crippen molar-refractivity contribution in [1.29, 1.82) is 0 Å². The Labute approximate surface area is 93.3 Å². The number of rotatable bonds is 5. The third-order valence-electron chi connectivity index (χ3n) is 2.50. The molecule has 96 valence electrons. The van der Waals surface area contributed by atoms with E-state index in [1.54, 1.807) is 0 Å². The fourth-order valence-corrected chi connectivity index (χ4v) is 1.69. The van der Waals surface area contributed by atoms with E-state index in [0.29, 0.717) is 0 Å². The minimum absolute atomic E-state index is 0.0188. The van der Waals surface area contributed by atoms with Crippen molar-refractivity contribution in [2.75, 3.05) is 32.9 Å². The normalized spacial score (nSPS) is 27.0. The van der Waals surface area contributed by atoms with Gasteiger partial charge >= 0.3 is 6.18 Å². The molecular weight excluding hydrogens is 223 g/mol. The molecule has 1 aliphatic rings. The molecular formula is C10H18F3NO2. The largest absolute Gasteiger partial charge is 0.411 e. The fourth-order valence-electron chi connectivity index (χ4n) is 1.69. The summed E-state index contributed by atoms with van der Waals surface area (Å²) >= 11 is 0. The predicted molar refractivity (Wildman–Crippen MR) is 53.3 cm³/mol. The summed E-state index contributed by atoms with van der Waals surface area (Å²) in [4.78, 5) is 0. The predicted octanol–water partition coefficient (Wildman–Crippen LogP) is 1.72. The highest BCUT2D eigenvalue weighted by Crippen LogP contribution is 2.20. The number of halogens is 3. The Balaban J connectivity index is 2.06. The van der Waals surface area contributed by atoms with E-state index >= 15 is 0 Å². The van der Waals surface area contributed by atoms with Crippen LogP contribution >= 0.6 is 0 Å². The second-order valence-electron chi connectivity index (χ2n) is 4.25. The second kappa shape index (κ2) is 5.84. The van der Waals surface area contributed by atoms with Gasteiger partial charge in [-0.05, 0) is 26.3 Å². The molecule has 1 fully saturated rings. The highest BCUT2D eigenvalue weighted by molar-refractivity contribution is 4.82. The molecule has 0 amide bonds. The van der Waals surface area contributed by atoms with Gasteiger partial charge in [-0.2, -0.15) is 13.2 Å². The molecule has 16 heavy (non-hydrogen) atoms. The van der Waals surface area contributed by atoms with Crippen LogP contribution in [0.25, 0.3) is 0 Å². The van der Waals surface area contributed by atoms with Crippen molar-refractivity contribution in [2.45, 2.75) is 31.5 Å². The molecule has 0 radical (unpaired) electrons. The van der Waals surface area contributed by atoms with Crippen LogP contribution in [0.1, 0.15) is 19.8 Å². The molecule has 1 saturated heterocycles. The van der Waals surface area contributed by atoms with Gasteiger partial charge < -0.3 is 14.8 Å². The summed E-state index contributed by atoms with van der Waals surface area (Å²) in [6.45, 7) is 2.66. The highest BCUT2D eigenvalue weighted by atomic mass is 19.4. The zero-order valence-corrected chi connectivity index (χ0v) is 9.40. The van der Waals surface area contributed by atoms with Crippen LogP contribution in [0, 0.1) is 0 Å². The average molecular weight is 241 g/mol. The maximum atomic E-state index is 11.7. The Bertz CT molecular complexity index is 203. The summed E-state index contributed by atoms with van der Waals surface area (Å²) in [5, 5.41) is 3.19. The fraction of sp³-hybridized carbons (Fsp3) is 1.00. The van der Waals surface area contributed by atoms with Crippen LogP contribution in [-0.2, 0) is 9.47 Å². The lowest BCUT2D eigenvalue weighted by molar-refractivity contribution is -0.179. The first-order chi connectivity index (χ1) is 7.41. The van der Waals surface area contributed by atoms with Crippen LogP contribution in [-0.4, -0.2) is 44.7 Å². The summed E-state index contributed by atoms with van der Waals surface area (Å²) in [5.41, 5.74) is -0.264. The first-order valence-electron chi connectivity index (χ1n) is 5.40. The van der Waals surface area contributed by atoms with E-state index < -0.39 is 12.8 Å². The first-order valence-corrected chi connectivity index (χ1v) is 5.40. The van der Waals surface area contributed by atoms with Gasteiger partial charge in [0.25, 0.3) is 0 Å². The molecule has 0 aromatic heterocycles. The molecule has 1 unspecified atom stereocenters. The smallest absolute Gasteiger partial charge is 0.372 e. The monoisotopic (exact) mass is 241 g/mol. The molecule has 0 aliphatic carbocycles. The molecule has 6 heteroatoms. The third kappa shape index (κ3) is 5.67. The molecule has 1 heterocycles. The second-order valence-corrected chi connectivity index (χ2v) is 4.25. The van der Waals surface area contributed by atoms with Crippen molar-refractivity contribution in [3.63, 3.8) is 0 Å². The molecule has 1 N–H and O–H groups in total. The van der Waals surface area contributed by atoms with Gasteiger partial charge in [0.15, 0.2) is 0 Å². The molecule has 0 aromatic carbocycles. The average Bonchev–Trinajstić information content (AvgIpc) is 2.16. The van der Waals surface area contributed by atoms with Crippen LogP contribution < -0.4 is 5.32 Å². The van der Waals surface area contributed by atoms with E-state index in [9.17, 15) is 13.2 Å². The van der Waals surface area contributed by atoms with Crippen molar-refractivity contribution in [2.24, 2.45) is 0 Å². The van der Waals surface area contributed by atoms with Gasteiger partial charge in [0, 0.05) is 6.54 Å². The van der Waals surface area contributed by atoms with Crippen molar-refractivity contribution < 1.29 is 22.6 Å². The van der Waals surface area contributed by atoms with E-state index in [1.165, 1.54) is 0 Å². The third-order valence-corrected chi connectivity index (χ3v) is 2.50. The molecule has 0 aromatic rings. The summed E-state index contributed by atoms with van der Waals surface area (Å²) in [6, 6.07) is 0. The quantitative estimate of drug-likeness (QED) is 0.743. The van der Waals surface area contributed by atoms with Crippen molar-refractivity contribution in [3.05, 3.63) is 0 Å². The molecule has 3 nitrogen and oxygen atoms in total. The molecule has 1 aliphatic heterocycles. The highest BCUT2D eigenvalue weighted by Gasteiger charge is 2.29. The van der Waals surface area contributed by atoms with Crippen LogP contribution in [0.3, 0.4) is 0 Å². The number of hydrogen-bond donors (Lipinski definition) is 1. The van der Waals surface area contributed by atoms with Crippen LogP contribution in [0.15, 0.2) is 0 Å². The van der Waals surface area contributed by atoms with Gasteiger partial charge in [-0.25, -0.2) is 0 Å². The van der Waals surface area contributed by atoms with Gasteiger partial charge in [-0.1, -0.05) is 0 Å². The van der Waals surface area contributed by atoms with Gasteiger partial charge in [-0.3, -0.25) is 0 Å². The Morgan fingerprint density at radius 1 is 1.31 bits per heavy atom. The van der Waals surface area contributed by atoms with Crippen molar-refractivity contribution in [1.82, 2.24) is 5.32 Å². The number of piperidine rings is 1. The number of alkyl halides is 3. The van der Waals surface area contributed by atoms with E-state index in [4.69, 9.17) is 4.74 Å². The lowest BCUT2D eigenvalue weighted by Gasteiger charge is -2.34. The van der Waals surface area contributed by atoms with Gasteiger partial charge in [0.1, 0.15) is 6.61 Å². The van der Waals surface area contributed by atoms with Crippen molar-refractivity contribution in [3.8, 4) is 0 Å². The lowest BCUT2D eigenvalue weighted by atomic mass is 9.96. The SMILES string of the molecule is CC1(OCCOCC(F)(F)F)CCCNC1. The zero-order chi connectivity index (χ0) is 12.1. The lowest BCUT2D eigenvalue weighted by Crippen LogP contribution is -2.45. The summed E-state index contributed by atoms with van der Waals surface area (Å²) in [5.74, 6) is 0. The Morgan fingerprint density at radius 3 is 2.62 bits per heavy atom. The maximum absolute atomic E-state index is 11.7. The molecule has 0 bridgehead atoms. The Kier molecular flexibility index (Phi) is 5.01. The molecule has 1 atom stereocenters. The van der Waals surface area contributed by atoms with Crippen LogP contribution in [0.2, 0.25) is 0 Å². The standard InChI is InChI=1S/C10H18F3NO2/c1-9(3-2-4-14-7-9)16-6-5-15-8-10(11,12)13/h14H,2-8H2,1H3. The maximum Gasteiger partial charge on any atom is 0.411 e.